The minimum Gasteiger partial charge on any atom is -0.376 e. The molecular weight excluding hydrogens is 216 g/mol. The quantitative estimate of drug-likeness (QED) is 0.610. The Kier molecular flexibility index (Phi) is 4.17. The highest BCUT2D eigenvalue weighted by molar-refractivity contribution is 5.52. The number of hydrogen-bond acceptors (Lipinski definition) is 5. The zero-order valence-electron chi connectivity index (χ0n) is 10.2. The van der Waals surface area contributed by atoms with Crippen molar-refractivity contribution >= 4 is 11.5 Å². The molecule has 1 fully saturated rings. The average molecular weight is 236 g/mol. The highest BCUT2D eigenvalue weighted by Crippen LogP contribution is 2.19. The Balaban J connectivity index is 1.95. The van der Waals surface area contributed by atoms with Crippen LogP contribution < -0.4 is 16.2 Å². The number of anilines is 2. The summed E-state index contributed by atoms with van der Waals surface area (Å²) in [4.78, 5) is 6.27. The first-order valence-corrected chi connectivity index (χ1v) is 6.05. The van der Waals surface area contributed by atoms with E-state index in [2.05, 4.69) is 22.4 Å². The number of nitrogens with zero attached hydrogens (tertiary/aromatic N) is 2. The number of hydrazine groups is 1. The van der Waals surface area contributed by atoms with Crippen LogP contribution in [-0.4, -0.2) is 31.3 Å². The lowest BCUT2D eigenvalue weighted by Crippen LogP contribution is -2.33. The summed E-state index contributed by atoms with van der Waals surface area (Å²) < 4.78 is 5.73. The molecule has 0 aromatic carbocycles. The third-order valence-electron chi connectivity index (χ3n) is 3.08. The van der Waals surface area contributed by atoms with Gasteiger partial charge in [0, 0.05) is 38.1 Å². The van der Waals surface area contributed by atoms with E-state index in [-0.39, 0.29) is 0 Å². The van der Waals surface area contributed by atoms with Crippen molar-refractivity contribution in [1.82, 2.24) is 4.98 Å². The van der Waals surface area contributed by atoms with E-state index in [9.17, 15) is 0 Å². The van der Waals surface area contributed by atoms with E-state index in [1.54, 1.807) is 6.20 Å². The minimum atomic E-state index is 0.344. The van der Waals surface area contributed by atoms with Gasteiger partial charge in [0.2, 0.25) is 0 Å². The lowest BCUT2D eigenvalue weighted by Gasteiger charge is -2.28. The average Bonchev–Trinajstić information content (AvgIpc) is 2.40. The van der Waals surface area contributed by atoms with Crippen LogP contribution in [-0.2, 0) is 4.74 Å². The van der Waals surface area contributed by atoms with Crippen molar-refractivity contribution in [3.05, 3.63) is 18.3 Å². The van der Waals surface area contributed by atoms with Gasteiger partial charge in [0.15, 0.2) is 0 Å². The van der Waals surface area contributed by atoms with Crippen molar-refractivity contribution in [2.24, 2.45) is 5.84 Å². The van der Waals surface area contributed by atoms with E-state index in [4.69, 9.17) is 10.6 Å². The maximum atomic E-state index is 5.73. The van der Waals surface area contributed by atoms with Crippen molar-refractivity contribution in [2.45, 2.75) is 25.4 Å². The highest BCUT2D eigenvalue weighted by atomic mass is 16.5. The largest absolute Gasteiger partial charge is 0.376 e. The smallest absolute Gasteiger partial charge is 0.141 e. The highest BCUT2D eigenvalue weighted by Gasteiger charge is 2.16. The summed E-state index contributed by atoms with van der Waals surface area (Å²) in [5.41, 5.74) is 3.66. The molecule has 1 atom stereocenters. The molecule has 17 heavy (non-hydrogen) atoms. The molecule has 0 saturated carbocycles. The molecule has 0 bridgehead atoms. The number of aromatic nitrogens is 1. The normalized spacial score (nSPS) is 20.0. The number of nitrogens with one attached hydrogen (secondary N) is 1. The Bertz CT molecular complexity index is 352. The van der Waals surface area contributed by atoms with E-state index in [0.717, 1.165) is 25.3 Å². The van der Waals surface area contributed by atoms with Crippen molar-refractivity contribution in [3.63, 3.8) is 0 Å². The summed E-state index contributed by atoms with van der Waals surface area (Å²) >= 11 is 0. The maximum absolute atomic E-state index is 5.73. The van der Waals surface area contributed by atoms with Gasteiger partial charge in [-0.25, -0.2) is 10.8 Å². The monoisotopic (exact) mass is 236 g/mol. The van der Waals surface area contributed by atoms with E-state index < -0.39 is 0 Å². The molecule has 0 amide bonds. The number of likely N-dealkylation sites (N-methyl/N-ethyl adjacent to an activating group) is 1. The fourth-order valence-electron chi connectivity index (χ4n) is 2.10. The summed E-state index contributed by atoms with van der Waals surface area (Å²) in [7, 11) is 2.06. The van der Waals surface area contributed by atoms with Crippen LogP contribution in [0, 0.1) is 0 Å². The van der Waals surface area contributed by atoms with Gasteiger partial charge in [-0.15, -0.1) is 0 Å². The standard InChI is InChI=1S/C12H20N4O/c1-16(9-11-4-2-3-7-17-11)10-5-6-14-12(8-10)15-13/h5-6,8,11H,2-4,7,9,13H2,1H3,(H,14,15). The fraction of sp³-hybridized carbons (Fsp3) is 0.583. The van der Waals surface area contributed by atoms with Crippen LogP contribution in [0.4, 0.5) is 11.5 Å². The topological polar surface area (TPSA) is 63.4 Å². The van der Waals surface area contributed by atoms with E-state index in [1.165, 1.54) is 12.8 Å². The van der Waals surface area contributed by atoms with E-state index in [1.807, 2.05) is 12.1 Å². The second-order valence-electron chi connectivity index (χ2n) is 4.41. The van der Waals surface area contributed by atoms with Crippen molar-refractivity contribution in [1.29, 1.82) is 0 Å². The van der Waals surface area contributed by atoms with Gasteiger partial charge in [0.25, 0.3) is 0 Å². The fourth-order valence-corrected chi connectivity index (χ4v) is 2.10. The first-order chi connectivity index (χ1) is 8.29. The van der Waals surface area contributed by atoms with Gasteiger partial charge in [-0.2, -0.15) is 0 Å². The number of rotatable bonds is 4. The van der Waals surface area contributed by atoms with Crippen LogP contribution in [0.5, 0.6) is 0 Å². The molecule has 94 valence electrons. The Morgan fingerprint density at radius 1 is 1.59 bits per heavy atom. The summed E-state index contributed by atoms with van der Waals surface area (Å²) in [5, 5.41) is 0. The van der Waals surface area contributed by atoms with Crippen molar-refractivity contribution in [3.8, 4) is 0 Å². The molecule has 5 nitrogen and oxygen atoms in total. The van der Waals surface area contributed by atoms with Crippen molar-refractivity contribution in [2.75, 3.05) is 30.5 Å². The molecule has 5 heteroatoms. The number of nitrogens with two attached hydrogens (primary N) is 1. The van der Waals surface area contributed by atoms with Gasteiger partial charge >= 0.3 is 0 Å². The summed E-state index contributed by atoms with van der Waals surface area (Å²) in [6.45, 7) is 1.80. The molecule has 1 unspecified atom stereocenters. The van der Waals surface area contributed by atoms with Gasteiger partial charge in [0.1, 0.15) is 5.82 Å². The van der Waals surface area contributed by atoms with Crippen LogP contribution in [0.2, 0.25) is 0 Å². The number of nitrogen functional groups attached to an aromatic ring is 1. The SMILES string of the molecule is CN(CC1CCCCO1)c1ccnc(NN)c1. The minimum absolute atomic E-state index is 0.344. The lowest BCUT2D eigenvalue weighted by atomic mass is 10.1. The summed E-state index contributed by atoms with van der Waals surface area (Å²) in [6.07, 6.45) is 5.71. The Hall–Kier alpha value is -1.33. The molecule has 0 aliphatic carbocycles. The Labute approximate surface area is 102 Å². The second-order valence-corrected chi connectivity index (χ2v) is 4.41. The molecular formula is C12H20N4O. The molecule has 1 aromatic heterocycles. The molecule has 0 radical (unpaired) electrons. The predicted octanol–water partition coefficient (Wildman–Crippen LogP) is 1.37. The molecule has 1 aliphatic heterocycles. The molecule has 1 aromatic rings. The Morgan fingerprint density at radius 3 is 3.18 bits per heavy atom. The van der Waals surface area contributed by atoms with Gasteiger partial charge in [0.05, 0.1) is 6.10 Å². The van der Waals surface area contributed by atoms with Gasteiger partial charge < -0.3 is 15.1 Å². The maximum Gasteiger partial charge on any atom is 0.141 e. The number of ether oxygens (including phenoxy) is 1. The molecule has 1 saturated heterocycles. The van der Waals surface area contributed by atoms with Crippen LogP contribution in [0.3, 0.4) is 0 Å². The molecule has 3 N–H and O–H groups in total. The third kappa shape index (κ3) is 3.31. The van der Waals surface area contributed by atoms with Gasteiger partial charge in [-0.3, -0.25) is 0 Å². The van der Waals surface area contributed by atoms with Crippen LogP contribution in [0.15, 0.2) is 18.3 Å². The lowest BCUT2D eigenvalue weighted by molar-refractivity contribution is 0.0216. The van der Waals surface area contributed by atoms with Crippen LogP contribution in [0.25, 0.3) is 0 Å². The summed E-state index contributed by atoms with van der Waals surface area (Å²) in [5.74, 6) is 6.03. The van der Waals surface area contributed by atoms with Gasteiger partial charge in [-0.1, -0.05) is 0 Å². The van der Waals surface area contributed by atoms with Gasteiger partial charge in [-0.05, 0) is 25.3 Å². The first kappa shape index (κ1) is 12.1. The third-order valence-corrected chi connectivity index (χ3v) is 3.08. The molecule has 0 spiro atoms. The number of pyridine rings is 1. The zero-order valence-corrected chi connectivity index (χ0v) is 10.2. The number of hydrogen-bond donors (Lipinski definition) is 2. The molecule has 2 rings (SSSR count). The van der Waals surface area contributed by atoms with E-state index in [0.29, 0.717) is 11.9 Å². The molecule has 1 aliphatic rings. The van der Waals surface area contributed by atoms with Crippen molar-refractivity contribution < 1.29 is 4.74 Å². The zero-order chi connectivity index (χ0) is 12.1. The van der Waals surface area contributed by atoms with E-state index >= 15 is 0 Å². The van der Waals surface area contributed by atoms with Crippen LogP contribution in [0.1, 0.15) is 19.3 Å². The predicted molar refractivity (Wildman–Crippen MR) is 68.9 cm³/mol. The Morgan fingerprint density at radius 2 is 2.47 bits per heavy atom. The summed E-state index contributed by atoms with van der Waals surface area (Å²) in [6, 6.07) is 3.91. The first-order valence-electron chi connectivity index (χ1n) is 6.05. The molecule has 2 heterocycles. The second kappa shape index (κ2) is 5.84. The van der Waals surface area contributed by atoms with Crippen LogP contribution >= 0.6 is 0 Å².